The molecule has 1 aliphatic heterocycles. The quantitative estimate of drug-likeness (QED) is 0.299. The van der Waals surface area contributed by atoms with Crippen LogP contribution in [-0.2, 0) is 28.7 Å². The van der Waals surface area contributed by atoms with Crippen LogP contribution in [0.5, 0.6) is 0 Å². The van der Waals surface area contributed by atoms with E-state index in [4.69, 9.17) is 4.52 Å². The highest BCUT2D eigenvalue weighted by Gasteiger charge is 2.38. The lowest BCUT2D eigenvalue weighted by atomic mass is 9.99. The first-order valence-electron chi connectivity index (χ1n) is 12.4. The van der Waals surface area contributed by atoms with Crippen molar-refractivity contribution in [1.29, 1.82) is 0 Å². The molecule has 13 heteroatoms. The van der Waals surface area contributed by atoms with Gasteiger partial charge >= 0.3 is 12.2 Å². The van der Waals surface area contributed by atoms with E-state index < -0.39 is 53.9 Å². The number of ketones is 1. The predicted molar refractivity (Wildman–Crippen MR) is 134 cm³/mol. The van der Waals surface area contributed by atoms with E-state index in [-0.39, 0.29) is 36.8 Å². The van der Waals surface area contributed by atoms with Gasteiger partial charge in [-0.3, -0.25) is 19.3 Å². The average Bonchev–Trinajstić information content (AvgIpc) is 3.47. The number of rotatable bonds is 10. The summed E-state index contributed by atoms with van der Waals surface area (Å²) in [5.74, 6) is -2.83. The van der Waals surface area contributed by atoms with Gasteiger partial charge in [0.05, 0.1) is 18.0 Å². The molecule has 0 bridgehead atoms. The minimum atomic E-state index is -4.51. The highest BCUT2D eigenvalue weighted by Crippen LogP contribution is 2.30. The van der Waals surface area contributed by atoms with Crippen molar-refractivity contribution in [3.8, 4) is 0 Å². The van der Waals surface area contributed by atoms with Crippen molar-refractivity contribution in [2.45, 2.75) is 39.0 Å². The number of amides is 4. The molecule has 2 aromatic carbocycles. The number of benzene rings is 2. The molecule has 0 spiro atoms. The zero-order valence-corrected chi connectivity index (χ0v) is 21.6. The van der Waals surface area contributed by atoms with Gasteiger partial charge in [0.25, 0.3) is 5.91 Å². The Kier molecular flexibility index (Phi) is 8.31. The standard InChI is InChI=1S/C27H26F3N5O5/c1-16(2)23(24(38)25-32-21(40-33-25)12-18-9-6-10-19(11-18)27(28,29)30)31-20(36)14-35-22(37)15-34(26(35)39)13-17-7-4-3-5-8-17/h3-11,16,23H,12-15H2,1-2H3,(H,31,36)/t23-/m0/s1. The molecule has 2 heterocycles. The van der Waals surface area contributed by atoms with Crippen molar-refractivity contribution in [1.82, 2.24) is 25.3 Å². The van der Waals surface area contributed by atoms with E-state index >= 15 is 0 Å². The van der Waals surface area contributed by atoms with Gasteiger partial charge in [-0.1, -0.05) is 67.5 Å². The average molecular weight is 558 g/mol. The Morgan fingerprint density at radius 2 is 1.75 bits per heavy atom. The molecule has 0 saturated carbocycles. The van der Waals surface area contributed by atoms with Gasteiger partial charge in [0.2, 0.25) is 23.4 Å². The van der Waals surface area contributed by atoms with Crippen LogP contribution in [0.2, 0.25) is 0 Å². The second-order valence-corrected chi connectivity index (χ2v) is 9.64. The number of nitrogens with zero attached hydrogens (tertiary/aromatic N) is 4. The number of aromatic nitrogens is 2. The number of Topliss-reactive ketones (excluding diaryl/α,β-unsaturated/α-hetero) is 1. The normalized spacial score (nSPS) is 14.7. The molecule has 1 aliphatic rings. The Bertz CT molecular complexity index is 1410. The van der Waals surface area contributed by atoms with Crippen LogP contribution in [0, 0.1) is 5.92 Å². The molecule has 40 heavy (non-hydrogen) atoms. The van der Waals surface area contributed by atoms with E-state index in [0.29, 0.717) is 0 Å². The zero-order valence-electron chi connectivity index (χ0n) is 21.6. The summed E-state index contributed by atoms with van der Waals surface area (Å²) < 4.78 is 44.0. The van der Waals surface area contributed by atoms with Gasteiger partial charge in [0.1, 0.15) is 13.1 Å². The summed E-state index contributed by atoms with van der Waals surface area (Å²) in [5, 5.41) is 6.17. The minimum Gasteiger partial charge on any atom is -0.344 e. The lowest BCUT2D eigenvalue weighted by molar-refractivity contribution is -0.137. The van der Waals surface area contributed by atoms with Crippen molar-refractivity contribution in [3.05, 3.63) is 83.0 Å². The fourth-order valence-corrected chi connectivity index (χ4v) is 4.17. The maximum absolute atomic E-state index is 13.1. The summed E-state index contributed by atoms with van der Waals surface area (Å²) in [4.78, 5) is 57.2. The van der Waals surface area contributed by atoms with E-state index in [9.17, 15) is 32.3 Å². The monoisotopic (exact) mass is 557 g/mol. The zero-order chi connectivity index (χ0) is 29.0. The van der Waals surface area contributed by atoms with Gasteiger partial charge < -0.3 is 14.7 Å². The first-order chi connectivity index (χ1) is 18.9. The van der Waals surface area contributed by atoms with Gasteiger partial charge in [0, 0.05) is 6.54 Å². The minimum absolute atomic E-state index is 0.0803. The molecule has 0 unspecified atom stereocenters. The van der Waals surface area contributed by atoms with Crippen LogP contribution in [-0.4, -0.2) is 62.7 Å². The summed E-state index contributed by atoms with van der Waals surface area (Å²) in [7, 11) is 0. The molecule has 4 rings (SSSR count). The first-order valence-corrected chi connectivity index (χ1v) is 12.4. The van der Waals surface area contributed by atoms with Crippen LogP contribution in [0.15, 0.2) is 59.1 Å². The van der Waals surface area contributed by atoms with E-state index in [1.54, 1.807) is 13.8 Å². The van der Waals surface area contributed by atoms with Crippen LogP contribution in [0.1, 0.15) is 47.0 Å². The maximum atomic E-state index is 13.1. The highest BCUT2D eigenvalue weighted by molar-refractivity contribution is 6.05. The van der Waals surface area contributed by atoms with Crippen molar-refractivity contribution in [2.75, 3.05) is 13.1 Å². The Morgan fingerprint density at radius 1 is 1.05 bits per heavy atom. The van der Waals surface area contributed by atoms with Crippen molar-refractivity contribution in [3.63, 3.8) is 0 Å². The fraction of sp³-hybridized carbons (Fsp3) is 0.333. The fourth-order valence-electron chi connectivity index (χ4n) is 4.17. The van der Waals surface area contributed by atoms with Crippen LogP contribution < -0.4 is 5.32 Å². The molecule has 0 aliphatic carbocycles. The van der Waals surface area contributed by atoms with Gasteiger partial charge in [0.15, 0.2) is 0 Å². The maximum Gasteiger partial charge on any atom is 0.416 e. The molecule has 4 amide bonds. The molecule has 210 valence electrons. The molecular weight excluding hydrogens is 531 g/mol. The number of urea groups is 1. The van der Waals surface area contributed by atoms with Crippen molar-refractivity contribution in [2.24, 2.45) is 5.92 Å². The largest absolute Gasteiger partial charge is 0.416 e. The summed E-state index contributed by atoms with van der Waals surface area (Å²) in [5.41, 5.74) is 0.252. The Hall–Kier alpha value is -4.55. The summed E-state index contributed by atoms with van der Waals surface area (Å²) in [6.07, 6.45) is -4.65. The Balaban J connectivity index is 1.38. The molecular formula is C27H26F3N5O5. The third-order valence-corrected chi connectivity index (χ3v) is 6.21. The topological polar surface area (TPSA) is 126 Å². The summed E-state index contributed by atoms with van der Waals surface area (Å²) >= 11 is 0. The molecule has 1 atom stereocenters. The van der Waals surface area contributed by atoms with E-state index in [1.807, 2.05) is 30.3 Å². The lowest BCUT2D eigenvalue weighted by Gasteiger charge is -2.21. The highest BCUT2D eigenvalue weighted by atomic mass is 19.4. The third-order valence-electron chi connectivity index (χ3n) is 6.21. The first kappa shape index (κ1) is 28.5. The number of hydrogen-bond acceptors (Lipinski definition) is 7. The van der Waals surface area contributed by atoms with Crippen LogP contribution in [0.3, 0.4) is 0 Å². The van der Waals surface area contributed by atoms with Crippen molar-refractivity contribution >= 4 is 23.6 Å². The van der Waals surface area contributed by atoms with Gasteiger partial charge in [-0.05, 0) is 23.1 Å². The summed E-state index contributed by atoms with van der Waals surface area (Å²) in [6, 6.07) is 11.9. The van der Waals surface area contributed by atoms with Crippen LogP contribution in [0.25, 0.3) is 0 Å². The van der Waals surface area contributed by atoms with Gasteiger partial charge in [-0.15, -0.1) is 0 Å². The third kappa shape index (κ3) is 6.71. The smallest absolute Gasteiger partial charge is 0.344 e. The lowest BCUT2D eigenvalue weighted by Crippen LogP contribution is -2.49. The van der Waals surface area contributed by atoms with Crippen molar-refractivity contribution < 1.29 is 36.9 Å². The number of halogens is 3. The number of nitrogens with one attached hydrogen (secondary N) is 1. The number of carbonyl (C=O) groups is 4. The number of imide groups is 1. The number of alkyl halides is 3. The SMILES string of the molecule is CC(C)[C@H](NC(=O)CN1C(=O)CN(Cc2ccccc2)C1=O)C(=O)c1noc(Cc2cccc(C(F)(F)F)c2)n1. The Morgan fingerprint density at radius 3 is 2.42 bits per heavy atom. The molecule has 0 radical (unpaired) electrons. The number of carbonyl (C=O) groups excluding carboxylic acids is 4. The molecule has 1 fully saturated rings. The molecule has 10 nitrogen and oxygen atoms in total. The molecule has 1 aromatic heterocycles. The number of hydrogen-bond donors (Lipinski definition) is 1. The summed E-state index contributed by atoms with van der Waals surface area (Å²) in [6.45, 7) is 2.79. The molecule has 3 aromatic rings. The molecule has 1 N–H and O–H groups in total. The van der Waals surface area contributed by atoms with Gasteiger partial charge in [-0.2, -0.15) is 18.2 Å². The second kappa shape index (κ2) is 11.7. The van der Waals surface area contributed by atoms with E-state index in [0.717, 1.165) is 22.6 Å². The molecule has 1 saturated heterocycles. The Labute approximate surface area is 227 Å². The van der Waals surface area contributed by atoms with Crippen LogP contribution >= 0.6 is 0 Å². The van der Waals surface area contributed by atoms with Gasteiger partial charge in [-0.25, -0.2) is 4.79 Å². The van der Waals surface area contributed by atoms with E-state index in [1.165, 1.54) is 17.0 Å². The second-order valence-electron chi connectivity index (χ2n) is 9.64. The van der Waals surface area contributed by atoms with Crippen LogP contribution in [0.4, 0.5) is 18.0 Å². The predicted octanol–water partition coefficient (Wildman–Crippen LogP) is 3.47. The van der Waals surface area contributed by atoms with E-state index in [2.05, 4.69) is 15.5 Å².